The first-order valence-electron chi connectivity index (χ1n) is 10.8. The molecule has 3 aromatic heterocycles. The first-order valence-corrected chi connectivity index (χ1v) is 11.8. The van der Waals surface area contributed by atoms with Crippen LogP contribution in [-0.2, 0) is 6.61 Å². The van der Waals surface area contributed by atoms with E-state index in [1.54, 1.807) is 42.8 Å². The van der Waals surface area contributed by atoms with Gasteiger partial charge in [-0.25, -0.2) is 14.6 Å². The van der Waals surface area contributed by atoms with Crippen molar-refractivity contribution in [2.75, 3.05) is 14.2 Å². The molecule has 0 fully saturated rings. The van der Waals surface area contributed by atoms with Crippen molar-refractivity contribution in [2.24, 2.45) is 0 Å². The number of nitrogens with zero attached hydrogens (tertiary/aromatic N) is 5. The molecule has 0 atom stereocenters. The quantitative estimate of drug-likeness (QED) is 0.421. The van der Waals surface area contributed by atoms with Crippen molar-refractivity contribution in [1.29, 1.82) is 0 Å². The van der Waals surface area contributed by atoms with Crippen LogP contribution in [0.15, 0.2) is 47.7 Å². The van der Waals surface area contributed by atoms with E-state index in [4.69, 9.17) is 14.6 Å². The SMILES string of the molecule is COc1cc2c(cc1-c1cncnc1)-c1c(c(C(=O)N(C)C(C)(C)C)nn1-c1ccsc1)CO2. The van der Waals surface area contributed by atoms with Crippen molar-refractivity contribution in [3.63, 3.8) is 0 Å². The summed E-state index contributed by atoms with van der Waals surface area (Å²) in [4.78, 5) is 23.5. The Morgan fingerprint density at radius 2 is 1.97 bits per heavy atom. The van der Waals surface area contributed by atoms with Crippen LogP contribution < -0.4 is 9.47 Å². The number of thiophene rings is 1. The molecule has 4 heterocycles. The predicted octanol–water partition coefficient (Wildman–Crippen LogP) is 4.83. The third kappa shape index (κ3) is 3.62. The Labute approximate surface area is 201 Å². The lowest BCUT2D eigenvalue weighted by molar-refractivity contribution is 0.0646. The van der Waals surface area contributed by atoms with Gasteiger partial charge in [-0.15, -0.1) is 0 Å². The van der Waals surface area contributed by atoms with Crippen molar-refractivity contribution >= 4 is 17.2 Å². The van der Waals surface area contributed by atoms with E-state index in [0.29, 0.717) is 17.2 Å². The summed E-state index contributed by atoms with van der Waals surface area (Å²) in [5.74, 6) is 1.18. The van der Waals surface area contributed by atoms with Gasteiger partial charge in [0.05, 0.1) is 18.5 Å². The number of amides is 1. The van der Waals surface area contributed by atoms with Crippen molar-refractivity contribution < 1.29 is 14.3 Å². The molecular formula is C25H25N5O3S. The number of benzene rings is 1. The van der Waals surface area contributed by atoms with E-state index in [1.807, 2.05) is 54.4 Å². The summed E-state index contributed by atoms with van der Waals surface area (Å²) in [6.07, 6.45) is 4.97. The van der Waals surface area contributed by atoms with Gasteiger partial charge in [0, 0.05) is 58.7 Å². The summed E-state index contributed by atoms with van der Waals surface area (Å²) in [7, 11) is 3.42. The molecule has 5 rings (SSSR count). The van der Waals surface area contributed by atoms with Crippen LogP contribution >= 0.6 is 11.3 Å². The summed E-state index contributed by atoms with van der Waals surface area (Å²) >= 11 is 1.58. The van der Waals surface area contributed by atoms with E-state index in [-0.39, 0.29) is 18.1 Å². The molecule has 0 aliphatic carbocycles. The highest BCUT2D eigenvalue weighted by Gasteiger charge is 2.34. The number of rotatable bonds is 4. The molecule has 0 unspecified atom stereocenters. The van der Waals surface area contributed by atoms with E-state index in [0.717, 1.165) is 33.6 Å². The average molecular weight is 476 g/mol. The van der Waals surface area contributed by atoms with Crippen molar-refractivity contribution in [1.82, 2.24) is 24.6 Å². The Bertz CT molecular complexity index is 1360. The normalized spacial score (nSPS) is 12.5. The molecule has 0 spiro atoms. The monoisotopic (exact) mass is 475 g/mol. The van der Waals surface area contributed by atoms with E-state index < -0.39 is 0 Å². The van der Waals surface area contributed by atoms with Crippen LogP contribution in [0.2, 0.25) is 0 Å². The van der Waals surface area contributed by atoms with Gasteiger partial charge in [-0.05, 0) is 38.3 Å². The maximum absolute atomic E-state index is 13.5. The second-order valence-electron chi connectivity index (χ2n) is 9.07. The predicted molar refractivity (Wildman–Crippen MR) is 131 cm³/mol. The van der Waals surface area contributed by atoms with Gasteiger partial charge >= 0.3 is 0 Å². The second kappa shape index (κ2) is 8.25. The molecule has 1 aliphatic rings. The zero-order valence-electron chi connectivity index (χ0n) is 19.7. The molecule has 0 N–H and O–H groups in total. The van der Waals surface area contributed by atoms with Gasteiger partial charge in [-0.3, -0.25) is 4.79 Å². The third-order valence-corrected chi connectivity index (χ3v) is 6.72. The molecule has 1 amide bonds. The van der Waals surface area contributed by atoms with E-state index in [1.165, 1.54) is 6.33 Å². The van der Waals surface area contributed by atoms with Crippen LogP contribution in [0.25, 0.3) is 28.1 Å². The van der Waals surface area contributed by atoms with Gasteiger partial charge in [0.1, 0.15) is 24.4 Å². The zero-order chi connectivity index (χ0) is 24.0. The lowest BCUT2D eigenvalue weighted by Crippen LogP contribution is -2.43. The fraction of sp³-hybridized carbons (Fsp3) is 0.280. The molecule has 34 heavy (non-hydrogen) atoms. The Morgan fingerprint density at radius 3 is 2.62 bits per heavy atom. The number of aromatic nitrogens is 4. The number of hydrogen-bond acceptors (Lipinski definition) is 7. The Morgan fingerprint density at radius 1 is 1.21 bits per heavy atom. The van der Waals surface area contributed by atoms with Gasteiger partial charge < -0.3 is 14.4 Å². The average Bonchev–Trinajstić information content (AvgIpc) is 3.50. The molecule has 8 nitrogen and oxygen atoms in total. The Hall–Kier alpha value is -3.72. The minimum atomic E-state index is -0.350. The molecule has 0 saturated carbocycles. The van der Waals surface area contributed by atoms with E-state index in [2.05, 4.69) is 9.97 Å². The van der Waals surface area contributed by atoms with E-state index >= 15 is 0 Å². The molecule has 4 aromatic rings. The Balaban J connectivity index is 1.75. The smallest absolute Gasteiger partial charge is 0.274 e. The van der Waals surface area contributed by atoms with Gasteiger partial charge in [0.25, 0.3) is 5.91 Å². The summed E-state index contributed by atoms with van der Waals surface area (Å²) in [6.45, 7) is 6.24. The topological polar surface area (TPSA) is 82.4 Å². The highest BCUT2D eigenvalue weighted by Crippen LogP contribution is 2.46. The number of fused-ring (bicyclic) bond motifs is 3. The minimum Gasteiger partial charge on any atom is -0.496 e. The van der Waals surface area contributed by atoms with Gasteiger partial charge in [0.15, 0.2) is 5.69 Å². The van der Waals surface area contributed by atoms with Crippen LogP contribution in [0.5, 0.6) is 11.5 Å². The summed E-state index contributed by atoms with van der Waals surface area (Å²) in [6, 6.07) is 5.86. The molecule has 174 valence electrons. The minimum absolute atomic E-state index is 0.144. The highest BCUT2D eigenvalue weighted by molar-refractivity contribution is 7.08. The number of methoxy groups -OCH3 is 1. The summed E-state index contributed by atoms with van der Waals surface area (Å²) in [5.41, 5.74) is 5.02. The fourth-order valence-corrected chi connectivity index (χ4v) is 4.53. The first-order chi connectivity index (χ1) is 16.3. The van der Waals surface area contributed by atoms with Crippen LogP contribution in [-0.4, -0.2) is 50.3 Å². The standard InChI is InChI=1S/C25H25N5O3S/c1-25(2,3)29(4)24(31)22-19-12-33-21-9-20(32-5)17(15-10-26-14-27-11-15)8-18(21)23(19)30(28-22)16-6-7-34-13-16/h6-11,13-14H,12H2,1-5H3. The maximum atomic E-state index is 13.5. The molecule has 0 saturated heterocycles. The number of carbonyl (C=O) groups excluding carboxylic acids is 1. The van der Waals surface area contributed by atoms with Crippen molar-refractivity contribution in [3.8, 4) is 39.6 Å². The van der Waals surface area contributed by atoms with Gasteiger partial charge in [0.2, 0.25) is 0 Å². The summed E-state index contributed by atoms with van der Waals surface area (Å²) in [5, 5.41) is 8.82. The first kappa shape index (κ1) is 22.1. The molecule has 9 heteroatoms. The molecule has 0 bridgehead atoms. The number of carbonyl (C=O) groups is 1. The van der Waals surface area contributed by atoms with Crippen LogP contribution in [0.3, 0.4) is 0 Å². The van der Waals surface area contributed by atoms with Crippen LogP contribution in [0.4, 0.5) is 0 Å². The van der Waals surface area contributed by atoms with Gasteiger partial charge in [-0.2, -0.15) is 16.4 Å². The summed E-state index contributed by atoms with van der Waals surface area (Å²) < 4.78 is 13.6. The molecule has 1 aromatic carbocycles. The van der Waals surface area contributed by atoms with Crippen molar-refractivity contribution in [3.05, 3.63) is 58.9 Å². The lowest BCUT2D eigenvalue weighted by Gasteiger charge is -2.31. The highest BCUT2D eigenvalue weighted by atomic mass is 32.1. The largest absolute Gasteiger partial charge is 0.496 e. The maximum Gasteiger partial charge on any atom is 0.274 e. The second-order valence-corrected chi connectivity index (χ2v) is 9.85. The molecular weight excluding hydrogens is 450 g/mol. The number of ether oxygens (including phenoxy) is 2. The molecule has 1 aliphatic heterocycles. The third-order valence-electron chi connectivity index (χ3n) is 6.05. The van der Waals surface area contributed by atoms with Crippen molar-refractivity contribution in [2.45, 2.75) is 32.9 Å². The van der Waals surface area contributed by atoms with Gasteiger partial charge in [-0.1, -0.05) is 0 Å². The lowest BCUT2D eigenvalue weighted by atomic mass is 9.96. The number of hydrogen-bond donors (Lipinski definition) is 0. The van der Waals surface area contributed by atoms with Crippen LogP contribution in [0, 0.1) is 0 Å². The Kier molecular flexibility index (Phi) is 5.36. The zero-order valence-corrected chi connectivity index (χ0v) is 20.5. The van der Waals surface area contributed by atoms with Crippen LogP contribution in [0.1, 0.15) is 36.8 Å². The fourth-order valence-electron chi connectivity index (χ4n) is 3.91. The van der Waals surface area contributed by atoms with E-state index in [9.17, 15) is 4.79 Å². The molecule has 0 radical (unpaired) electrons.